The molecule has 2 aromatic heterocycles. The van der Waals surface area contributed by atoms with E-state index in [-0.39, 0.29) is 17.9 Å². The SMILES string of the molecule is CNC(=O)c1cc(C(=O)CC2CC2)cn(Cc2c[nH]c3ccccc23)c1=O. The highest BCUT2D eigenvalue weighted by Gasteiger charge is 2.26. The van der Waals surface area contributed by atoms with Crippen LogP contribution in [-0.2, 0) is 6.54 Å². The number of hydrogen-bond donors (Lipinski definition) is 2. The summed E-state index contributed by atoms with van der Waals surface area (Å²) in [5, 5.41) is 3.50. The first-order chi connectivity index (χ1) is 13.1. The fraction of sp³-hybridized carbons (Fsp3) is 0.286. The second kappa shape index (κ2) is 6.87. The van der Waals surface area contributed by atoms with Crippen LogP contribution in [0.2, 0.25) is 0 Å². The molecule has 1 aliphatic rings. The lowest BCUT2D eigenvalue weighted by molar-refractivity contribution is 0.0961. The molecule has 4 rings (SSSR count). The second-order valence-electron chi connectivity index (χ2n) is 7.08. The van der Waals surface area contributed by atoms with E-state index in [1.54, 1.807) is 6.20 Å². The van der Waals surface area contributed by atoms with Crippen LogP contribution >= 0.6 is 0 Å². The summed E-state index contributed by atoms with van der Waals surface area (Å²) in [5.74, 6) is -0.0565. The smallest absolute Gasteiger partial charge is 0.263 e. The van der Waals surface area contributed by atoms with E-state index in [0.717, 1.165) is 29.3 Å². The quantitative estimate of drug-likeness (QED) is 0.661. The van der Waals surface area contributed by atoms with E-state index in [2.05, 4.69) is 10.3 Å². The summed E-state index contributed by atoms with van der Waals surface area (Å²) in [5.41, 5.74) is 1.93. The van der Waals surface area contributed by atoms with Crippen LogP contribution in [0.3, 0.4) is 0 Å². The van der Waals surface area contributed by atoms with Crippen molar-refractivity contribution in [2.24, 2.45) is 5.92 Å². The molecule has 0 atom stereocenters. The maximum Gasteiger partial charge on any atom is 0.263 e. The highest BCUT2D eigenvalue weighted by atomic mass is 16.2. The van der Waals surface area contributed by atoms with Crippen molar-refractivity contribution in [3.63, 3.8) is 0 Å². The zero-order valence-electron chi connectivity index (χ0n) is 15.1. The van der Waals surface area contributed by atoms with Crippen LogP contribution in [0.4, 0.5) is 0 Å². The number of nitrogens with one attached hydrogen (secondary N) is 2. The Morgan fingerprint density at radius 3 is 2.78 bits per heavy atom. The molecule has 2 N–H and O–H groups in total. The summed E-state index contributed by atoms with van der Waals surface area (Å²) in [6, 6.07) is 9.25. The number of aromatic amines is 1. The minimum atomic E-state index is -0.478. The Kier molecular flexibility index (Phi) is 4.39. The van der Waals surface area contributed by atoms with Gasteiger partial charge in [0.05, 0.1) is 6.54 Å². The first kappa shape index (κ1) is 17.3. The molecule has 1 saturated carbocycles. The Bertz CT molecular complexity index is 1090. The number of aromatic nitrogens is 2. The molecule has 1 amide bonds. The lowest BCUT2D eigenvalue weighted by atomic mass is 10.0. The zero-order chi connectivity index (χ0) is 19.0. The Morgan fingerprint density at radius 1 is 1.26 bits per heavy atom. The van der Waals surface area contributed by atoms with Crippen molar-refractivity contribution in [3.8, 4) is 0 Å². The number of rotatable bonds is 6. The average molecular weight is 363 g/mol. The van der Waals surface area contributed by atoms with Gasteiger partial charge in [-0.15, -0.1) is 0 Å². The molecule has 3 aromatic rings. The van der Waals surface area contributed by atoms with Gasteiger partial charge in [-0.25, -0.2) is 0 Å². The third kappa shape index (κ3) is 3.43. The Labute approximate surface area is 156 Å². The summed E-state index contributed by atoms with van der Waals surface area (Å²) >= 11 is 0. The van der Waals surface area contributed by atoms with E-state index in [1.165, 1.54) is 17.7 Å². The van der Waals surface area contributed by atoms with Crippen LogP contribution in [0.25, 0.3) is 10.9 Å². The standard InChI is InChI=1S/C21H21N3O3/c1-22-20(26)17-9-14(19(25)8-13-6-7-13)11-24(21(17)27)12-15-10-23-18-5-3-2-4-16(15)18/h2-5,9-11,13,23H,6-8,12H2,1H3,(H,22,26). The molecule has 6 nitrogen and oxygen atoms in total. The molecule has 1 aromatic carbocycles. The van der Waals surface area contributed by atoms with Gasteiger partial charge in [0, 0.05) is 42.3 Å². The van der Waals surface area contributed by atoms with E-state index in [9.17, 15) is 14.4 Å². The van der Waals surface area contributed by atoms with Gasteiger partial charge in [0.1, 0.15) is 5.56 Å². The van der Waals surface area contributed by atoms with Gasteiger partial charge >= 0.3 is 0 Å². The fourth-order valence-electron chi connectivity index (χ4n) is 3.35. The number of Topliss-reactive ketones (excluding diaryl/α,β-unsaturated/α-hetero) is 1. The van der Waals surface area contributed by atoms with E-state index in [1.807, 2.05) is 30.5 Å². The molecule has 0 bridgehead atoms. The number of ketones is 1. The lowest BCUT2D eigenvalue weighted by Crippen LogP contribution is -2.32. The minimum absolute atomic E-state index is 0.000937. The van der Waals surface area contributed by atoms with E-state index in [0.29, 0.717) is 17.9 Å². The maximum absolute atomic E-state index is 12.8. The van der Waals surface area contributed by atoms with Crippen LogP contribution < -0.4 is 10.9 Å². The lowest BCUT2D eigenvalue weighted by Gasteiger charge is -2.11. The Morgan fingerprint density at radius 2 is 2.04 bits per heavy atom. The van der Waals surface area contributed by atoms with Gasteiger partial charge in [-0.1, -0.05) is 18.2 Å². The van der Waals surface area contributed by atoms with Crippen molar-refractivity contribution in [2.45, 2.75) is 25.8 Å². The van der Waals surface area contributed by atoms with Crippen LogP contribution in [0.15, 0.2) is 47.5 Å². The normalized spacial score (nSPS) is 13.7. The number of nitrogens with zero attached hydrogens (tertiary/aromatic N) is 1. The maximum atomic E-state index is 12.8. The molecule has 6 heteroatoms. The molecule has 27 heavy (non-hydrogen) atoms. The van der Waals surface area contributed by atoms with Crippen molar-refractivity contribution < 1.29 is 9.59 Å². The van der Waals surface area contributed by atoms with Crippen LogP contribution in [-0.4, -0.2) is 28.3 Å². The molecular weight excluding hydrogens is 342 g/mol. The second-order valence-corrected chi connectivity index (χ2v) is 7.08. The largest absolute Gasteiger partial charge is 0.361 e. The molecule has 0 spiro atoms. The Balaban J connectivity index is 1.76. The number of hydrogen-bond acceptors (Lipinski definition) is 3. The molecule has 1 fully saturated rings. The summed E-state index contributed by atoms with van der Waals surface area (Å²) in [6.07, 6.45) is 6.06. The van der Waals surface area contributed by atoms with Crippen molar-refractivity contribution in [1.82, 2.24) is 14.9 Å². The summed E-state index contributed by atoms with van der Waals surface area (Å²) in [6.45, 7) is 0.289. The highest BCUT2D eigenvalue weighted by Crippen LogP contribution is 2.33. The van der Waals surface area contributed by atoms with Crippen LogP contribution in [0, 0.1) is 5.92 Å². The van der Waals surface area contributed by atoms with E-state index in [4.69, 9.17) is 0 Å². The van der Waals surface area contributed by atoms with Gasteiger partial charge in [0.25, 0.3) is 11.5 Å². The minimum Gasteiger partial charge on any atom is -0.361 e. The van der Waals surface area contributed by atoms with Gasteiger partial charge in [-0.2, -0.15) is 0 Å². The Hall–Kier alpha value is -3.15. The summed E-state index contributed by atoms with van der Waals surface area (Å²) in [7, 11) is 1.48. The number of amides is 1. The topological polar surface area (TPSA) is 84.0 Å². The van der Waals surface area contributed by atoms with Crippen molar-refractivity contribution >= 4 is 22.6 Å². The van der Waals surface area contributed by atoms with Crippen molar-refractivity contribution in [3.05, 3.63) is 69.8 Å². The zero-order valence-corrected chi connectivity index (χ0v) is 15.1. The number of carbonyl (C=O) groups excluding carboxylic acids is 2. The molecular formula is C21H21N3O3. The summed E-state index contributed by atoms with van der Waals surface area (Å²) < 4.78 is 1.46. The molecule has 0 unspecified atom stereocenters. The third-order valence-corrected chi connectivity index (χ3v) is 5.07. The molecule has 0 saturated heterocycles. The fourth-order valence-corrected chi connectivity index (χ4v) is 3.35. The number of fused-ring (bicyclic) bond motifs is 1. The summed E-state index contributed by atoms with van der Waals surface area (Å²) in [4.78, 5) is 40.8. The number of benzene rings is 1. The van der Waals surface area contributed by atoms with Crippen LogP contribution in [0.1, 0.15) is 45.5 Å². The molecule has 0 radical (unpaired) electrons. The number of H-pyrrole nitrogens is 1. The van der Waals surface area contributed by atoms with Crippen molar-refractivity contribution in [2.75, 3.05) is 7.05 Å². The van der Waals surface area contributed by atoms with E-state index < -0.39 is 11.5 Å². The molecule has 1 aliphatic carbocycles. The van der Waals surface area contributed by atoms with Crippen LogP contribution in [0.5, 0.6) is 0 Å². The van der Waals surface area contributed by atoms with Gasteiger partial charge in [0.15, 0.2) is 5.78 Å². The van der Waals surface area contributed by atoms with E-state index >= 15 is 0 Å². The predicted octanol–water partition coefficient (Wildman–Crippen LogP) is 2.72. The number of para-hydroxylation sites is 1. The third-order valence-electron chi connectivity index (χ3n) is 5.07. The van der Waals surface area contributed by atoms with Gasteiger partial charge in [-0.3, -0.25) is 14.4 Å². The monoisotopic (exact) mass is 363 g/mol. The van der Waals surface area contributed by atoms with Crippen molar-refractivity contribution in [1.29, 1.82) is 0 Å². The van der Waals surface area contributed by atoms with Gasteiger partial charge in [0.2, 0.25) is 0 Å². The predicted molar refractivity (Wildman–Crippen MR) is 103 cm³/mol. The first-order valence-corrected chi connectivity index (χ1v) is 9.11. The molecule has 2 heterocycles. The first-order valence-electron chi connectivity index (χ1n) is 9.11. The van der Waals surface area contributed by atoms with Gasteiger partial charge in [-0.05, 0) is 36.5 Å². The van der Waals surface area contributed by atoms with Gasteiger partial charge < -0.3 is 14.9 Å². The number of carbonyl (C=O) groups is 2. The molecule has 0 aliphatic heterocycles. The number of pyridine rings is 1. The highest BCUT2D eigenvalue weighted by molar-refractivity contribution is 6.00. The average Bonchev–Trinajstić information content (AvgIpc) is 3.41. The molecule has 138 valence electrons.